The van der Waals surface area contributed by atoms with Crippen LogP contribution >= 0.6 is 11.6 Å². The molecule has 2 aromatic carbocycles. The highest BCUT2D eigenvalue weighted by Gasteiger charge is 2.28. The van der Waals surface area contributed by atoms with E-state index >= 15 is 0 Å². The Labute approximate surface area is 226 Å². The minimum Gasteiger partial charge on any atom is -0.493 e. The Bertz CT molecular complexity index is 1260. The molecule has 0 radical (unpaired) electrons. The van der Waals surface area contributed by atoms with Crippen molar-refractivity contribution in [2.45, 2.75) is 45.0 Å². The van der Waals surface area contributed by atoms with Crippen LogP contribution in [0.5, 0.6) is 11.5 Å². The molecule has 38 heavy (non-hydrogen) atoms. The van der Waals surface area contributed by atoms with E-state index in [2.05, 4.69) is 20.7 Å². The maximum atomic E-state index is 13.5. The summed E-state index contributed by atoms with van der Waals surface area (Å²) in [6.07, 6.45) is 1.87. The fraction of sp³-hybridized carbons (Fsp3) is 0.423. The van der Waals surface area contributed by atoms with Crippen LogP contribution < -0.4 is 14.8 Å². The molecule has 1 aromatic heterocycles. The molecular weight excluding hydrogens is 512 g/mol. The lowest BCUT2D eigenvalue weighted by Crippen LogP contribution is -2.49. The Morgan fingerprint density at radius 3 is 2.71 bits per heavy atom. The third-order valence-corrected chi connectivity index (χ3v) is 6.73. The van der Waals surface area contributed by atoms with Crippen molar-refractivity contribution in [2.24, 2.45) is 0 Å². The van der Waals surface area contributed by atoms with Crippen LogP contribution in [0, 0.1) is 0 Å². The molecule has 2 heterocycles. The van der Waals surface area contributed by atoms with Crippen molar-refractivity contribution in [1.29, 1.82) is 0 Å². The zero-order valence-electron chi connectivity index (χ0n) is 21.6. The van der Waals surface area contributed by atoms with Gasteiger partial charge in [0, 0.05) is 30.3 Å². The number of nitrogens with one attached hydrogen (secondary N) is 1. The van der Waals surface area contributed by atoms with Crippen LogP contribution in [0.3, 0.4) is 0 Å². The predicted molar refractivity (Wildman–Crippen MR) is 140 cm³/mol. The van der Waals surface area contributed by atoms with Gasteiger partial charge in [0.05, 0.1) is 20.3 Å². The van der Waals surface area contributed by atoms with Gasteiger partial charge in [-0.05, 0) is 54.8 Å². The number of carbonyl (C=O) groups excluding carboxylic acids is 2. The van der Waals surface area contributed by atoms with E-state index in [1.54, 1.807) is 38.3 Å². The fourth-order valence-corrected chi connectivity index (χ4v) is 4.37. The molecule has 0 bridgehead atoms. The number of methoxy groups -OCH3 is 2. The van der Waals surface area contributed by atoms with Crippen LogP contribution in [0.2, 0.25) is 5.02 Å². The van der Waals surface area contributed by atoms with Crippen molar-refractivity contribution < 1.29 is 23.8 Å². The Morgan fingerprint density at radius 1 is 1.21 bits per heavy atom. The zero-order chi connectivity index (χ0) is 27.1. The second kappa shape index (κ2) is 12.7. The average Bonchev–Trinajstić information content (AvgIpc) is 3.63. The van der Waals surface area contributed by atoms with Gasteiger partial charge in [-0.25, -0.2) is 0 Å². The number of benzene rings is 2. The van der Waals surface area contributed by atoms with Gasteiger partial charge in [0.1, 0.15) is 12.6 Å². The van der Waals surface area contributed by atoms with Crippen LogP contribution in [-0.2, 0) is 27.4 Å². The number of ether oxygens (including phenoxy) is 3. The number of rotatable bonds is 11. The molecule has 0 saturated carbocycles. The minimum absolute atomic E-state index is 0.00628. The van der Waals surface area contributed by atoms with Crippen LogP contribution in [0.1, 0.15) is 25.3 Å². The fourth-order valence-electron chi connectivity index (χ4n) is 4.17. The van der Waals surface area contributed by atoms with E-state index in [0.29, 0.717) is 41.1 Å². The summed E-state index contributed by atoms with van der Waals surface area (Å²) in [5, 5.41) is 15.9. The smallest absolute Gasteiger partial charge is 0.247 e. The van der Waals surface area contributed by atoms with Crippen LogP contribution in [0.25, 0.3) is 11.4 Å². The Balaban J connectivity index is 1.50. The summed E-state index contributed by atoms with van der Waals surface area (Å²) in [6.45, 7) is 2.71. The summed E-state index contributed by atoms with van der Waals surface area (Å²) in [4.78, 5) is 29.1. The molecule has 12 heteroatoms. The van der Waals surface area contributed by atoms with Gasteiger partial charge in [-0.2, -0.15) is 4.80 Å². The van der Waals surface area contributed by atoms with Crippen LogP contribution in [-0.4, -0.2) is 76.4 Å². The summed E-state index contributed by atoms with van der Waals surface area (Å²) < 4.78 is 16.2. The van der Waals surface area contributed by atoms with Gasteiger partial charge in [0.25, 0.3) is 0 Å². The standard InChI is InChI=1S/C26H31ClN6O5/c1-17(26(35)28-14-20-8-6-12-38-20)32(15-19-7-4-5-9-21(19)27)24(34)16-33-30-25(29-31-33)18-10-11-22(36-2)23(13-18)37-3/h4-5,7,9-11,13,17,20H,6,8,12,14-16H2,1-3H3,(H,28,35)/t17-,20-/m1/s1. The topological polar surface area (TPSA) is 121 Å². The number of halogens is 1. The number of aromatic nitrogens is 4. The van der Waals surface area contributed by atoms with Gasteiger partial charge in [0.2, 0.25) is 17.6 Å². The molecule has 2 amide bonds. The first kappa shape index (κ1) is 27.3. The van der Waals surface area contributed by atoms with E-state index < -0.39 is 6.04 Å². The third kappa shape index (κ3) is 6.59. The number of carbonyl (C=O) groups is 2. The summed E-state index contributed by atoms with van der Waals surface area (Å²) in [5.74, 6) is 0.769. The van der Waals surface area contributed by atoms with Gasteiger partial charge in [-0.3, -0.25) is 9.59 Å². The molecule has 0 aliphatic carbocycles. The van der Waals surface area contributed by atoms with Crippen molar-refractivity contribution in [3.05, 3.63) is 53.1 Å². The van der Waals surface area contributed by atoms with E-state index in [0.717, 1.165) is 18.4 Å². The highest BCUT2D eigenvalue weighted by molar-refractivity contribution is 6.31. The van der Waals surface area contributed by atoms with E-state index in [1.807, 2.05) is 18.2 Å². The molecule has 202 valence electrons. The molecule has 3 aromatic rings. The molecule has 4 rings (SSSR count). The molecule has 2 atom stereocenters. The van der Waals surface area contributed by atoms with Crippen molar-refractivity contribution in [2.75, 3.05) is 27.4 Å². The molecule has 1 saturated heterocycles. The lowest BCUT2D eigenvalue weighted by Gasteiger charge is -2.29. The van der Waals surface area contributed by atoms with E-state index in [9.17, 15) is 9.59 Å². The van der Waals surface area contributed by atoms with E-state index in [4.69, 9.17) is 25.8 Å². The zero-order valence-corrected chi connectivity index (χ0v) is 22.3. The van der Waals surface area contributed by atoms with Crippen LogP contribution in [0.4, 0.5) is 0 Å². The van der Waals surface area contributed by atoms with Gasteiger partial charge >= 0.3 is 0 Å². The van der Waals surface area contributed by atoms with Crippen LogP contribution in [0.15, 0.2) is 42.5 Å². The monoisotopic (exact) mass is 542 g/mol. The lowest BCUT2D eigenvalue weighted by molar-refractivity contribution is -0.141. The Kier molecular flexibility index (Phi) is 9.14. The SMILES string of the molecule is COc1ccc(-c2nnn(CC(=O)N(Cc3ccccc3Cl)[C@H](C)C(=O)NC[C@H]3CCCO3)n2)cc1OC. The second-order valence-electron chi connectivity index (χ2n) is 8.88. The lowest BCUT2D eigenvalue weighted by atomic mass is 10.1. The minimum atomic E-state index is -0.769. The van der Waals surface area contributed by atoms with Crippen molar-refractivity contribution >= 4 is 23.4 Å². The van der Waals surface area contributed by atoms with Gasteiger partial charge < -0.3 is 24.4 Å². The first-order valence-corrected chi connectivity index (χ1v) is 12.7. The molecule has 11 nitrogen and oxygen atoms in total. The molecular formula is C26H31ClN6O5. The number of amides is 2. The highest BCUT2D eigenvalue weighted by atomic mass is 35.5. The highest BCUT2D eigenvalue weighted by Crippen LogP contribution is 2.30. The van der Waals surface area contributed by atoms with Gasteiger partial charge in [-0.15, -0.1) is 10.2 Å². The molecule has 0 spiro atoms. The number of nitrogens with zero attached hydrogens (tertiary/aromatic N) is 5. The maximum Gasteiger partial charge on any atom is 0.247 e. The quantitative estimate of drug-likeness (QED) is 0.392. The first-order valence-electron chi connectivity index (χ1n) is 12.3. The normalized spacial score (nSPS) is 15.6. The summed E-state index contributed by atoms with van der Waals surface area (Å²) in [5.41, 5.74) is 1.37. The number of hydrogen-bond acceptors (Lipinski definition) is 8. The average molecular weight is 543 g/mol. The molecule has 0 unspecified atom stereocenters. The van der Waals surface area contributed by atoms with E-state index in [-0.39, 0.29) is 31.0 Å². The first-order chi connectivity index (χ1) is 18.4. The van der Waals surface area contributed by atoms with Crippen molar-refractivity contribution in [1.82, 2.24) is 30.4 Å². The summed E-state index contributed by atoms with van der Waals surface area (Å²) in [7, 11) is 3.09. The maximum absolute atomic E-state index is 13.5. The molecule has 1 fully saturated rings. The molecule has 1 N–H and O–H groups in total. The van der Waals surface area contributed by atoms with Gasteiger partial charge in [-0.1, -0.05) is 29.8 Å². The van der Waals surface area contributed by atoms with Crippen molar-refractivity contribution in [3.8, 4) is 22.9 Å². The Morgan fingerprint density at radius 2 is 2.00 bits per heavy atom. The summed E-state index contributed by atoms with van der Waals surface area (Å²) in [6, 6.07) is 11.7. The van der Waals surface area contributed by atoms with E-state index in [1.165, 1.54) is 16.8 Å². The van der Waals surface area contributed by atoms with Crippen molar-refractivity contribution in [3.63, 3.8) is 0 Å². The summed E-state index contributed by atoms with van der Waals surface area (Å²) >= 11 is 6.37. The molecule has 1 aliphatic heterocycles. The third-order valence-electron chi connectivity index (χ3n) is 6.37. The second-order valence-corrected chi connectivity index (χ2v) is 9.29. The van der Waals surface area contributed by atoms with Gasteiger partial charge in [0.15, 0.2) is 11.5 Å². The Hall–Kier alpha value is -3.70. The largest absolute Gasteiger partial charge is 0.493 e. The molecule has 1 aliphatic rings. The number of hydrogen-bond donors (Lipinski definition) is 1. The predicted octanol–water partition coefficient (Wildman–Crippen LogP) is 2.72. The number of tetrazole rings is 1.